The van der Waals surface area contributed by atoms with Crippen LogP contribution in [0, 0.1) is 0 Å². The topological polar surface area (TPSA) is 12.4 Å². The molecule has 1 nitrogen and oxygen atoms in total. The molecule has 0 amide bonds. The molecule has 0 fully saturated rings. The fraction of sp³-hybridized carbons (Fsp3) is 0.143. The normalized spacial score (nSPS) is 13.4. The second kappa shape index (κ2) is 3.46. The SMILES string of the molecule is C/S(=N\F)c1ccccc1. The van der Waals surface area contributed by atoms with Crippen LogP contribution in [0.25, 0.3) is 0 Å². The van der Waals surface area contributed by atoms with Crippen molar-refractivity contribution in [1.29, 1.82) is 0 Å². The summed E-state index contributed by atoms with van der Waals surface area (Å²) in [5.74, 6) is 0. The molecule has 0 N–H and O–H groups in total. The first kappa shape index (κ1) is 7.41. The number of hydrogen-bond acceptors (Lipinski definition) is 1. The lowest BCUT2D eigenvalue weighted by atomic mass is 10.4. The molecule has 0 radical (unpaired) electrons. The molecule has 1 unspecified atom stereocenters. The smallest absolute Gasteiger partial charge is 0.0209 e. The molecule has 0 saturated carbocycles. The van der Waals surface area contributed by atoms with Gasteiger partial charge in [-0.15, -0.1) is 0 Å². The first-order chi connectivity index (χ1) is 4.84. The van der Waals surface area contributed by atoms with Crippen molar-refractivity contribution in [3.8, 4) is 0 Å². The van der Waals surface area contributed by atoms with Crippen LogP contribution in [0.1, 0.15) is 0 Å². The highest BCUT2D eigenvalue weighted by Gasteiger charge is 1.90. The van der Waals surface area contributed by atoms with Gasteiger partial charge in [0.2, 0.25) is 0 Å². The Morgan fingerprint density at radius 1 is 1.30 bits per heavy atom. The van der Waals surface area contributed by atoms with Crippen molar-refractivity contribution in [2.75, 3.05) is 6.26 Å². The van der Waals surface area contributed by atoms with E-state index in [0.29, 0.717) is 0 Å². The van der Waals surface area contributed by atoms with Gasteiger partial charge < -0.3 is 0 Å². The number of nitrogens with zero attached hydrogens (tertiary/aromatic N) is 1. The first-order valence-electron chi connectivity index (χ1n) is 2.87. The Morgan fingerprint density at radius 2 is 1.90 bits per heavy atom. The van der Waals surface area contributed by atoms with E-state index in [1.54, 1.807) is 6.26 Å². The van der Waals surface area contributed by atoms with Crippen LogP contribution < -0.4 is 0 Å². The van der Waals surface area contributed by atoms with Crippen molar-refractivity contribution in [2.45, 2.75) is 4.90 Å². The Balaban J connectivity index is 2.96. The monoisotopic (exact) mass is 157 g/mol. The van der Waals surface area contributed by atoms with Gasteiger partial charge in [-0.1, -0.05) is 27.3 Å². The molecule has 0 aliphatic rings. The predicted molar refractivity (Wildman–Crippen MR) is 41.5 cm³/mol. The third-order valence-electron chi connectivity index (χ3n) is 1.19. The minimum absolute atomic E-state index is 0.582. The Bertz CT molecular complexity index is 233. The van der Waals surface area contributed by atoms with Gasteiger partial charge in [0.25, 0.3) is 0 Å². The largest absolute Gasteiger partial charge is 0.0680 e. The van der Waals surface area contributed by atoms with E-state index in [1.165, 1.54) is 0 Å². The lowest BCUT2D eigenvalue weighted by Gasteiger charge is -1.95. The molecular weight excluding hydrogens is 149 g/mol. The second-order valence-electron chi connectivity index (χ2n) is 1.86. The summed E-state index contributed by atoms with van der Waals surface area (Å²) in [6.07, 6.45) is 1.75. The molecule has 0 heterocycles. The van der Waals surface area contributed by atoms with Crippen LogP contribution in [0.3, 0.4) is 0 Å². The van der Waals surface area contributed by atoms with E-state index in [9.17, 15) is 4.48 Å². The number of hydrogen-bond donors (Lipinski definition) is 0. The highest BCUT2D eigenvalue weighted by Crippen LogP contribution is 2.05. The zero-order valence-corrected chi connectivity index (χ0v) is 6.44. The summed E-state index contributed by atoms with van der Waals surface area (Å²) in [5, 5.41) is 0. The average molecular weight is 157 g/mol. The second-order valence-corrected chi connectivity index (χ2v) is 3.43. The molecule has 1 aromatic carbocycles. The van der Waals surface area contributed by atoms with Crippen molar-refractivity contribution in [1.82, 2.24) is 0 Å². The van der Waals surface area contributed by atoms with Crippen molar-refractivity contribution in [3.05, 3.63) is 30.3 Å². The Hall–Kier alpha value is -0.700. The standard InChI is InChI=1S/C7H8FNS/c1-10(9-8)7-5-3-2-4-6-7/h2-6H,1H3. The first-order valence-corrected chi connectivity index (χ1v) is 4.46. The molecular formula is C7H8FNS. The number of rotatable bonds is 1. The number of benzene rings is 1. The molecule has 10 heavy (non-hydrogen) atoms. The summed E-state index contributed by atoms with van der Waals surface area (Å²) in [6.45, 7) is 0. The Labute approximate surface area is 61.9 Å². The highest BCUT2D eigenvalue weighted by molar-refractivity contribution is 7.86. The summed E-state index contributed by atoms with van der Waals surface area (Å²) in [7, 11) is -0.582. The molecule has 54 valence electrons. The van der Waals surface area contributed by atoms with E-state index in [4.69, 9.17) is 0 Å². The van der Waals surface area contributed by atoms with E-state index >= 15 is 0 Å². The third-order valence-corrected chi connectivity index (χ3v) is 2.35. The molecule has 0 aliphatic heterocycles. The minimum atomic E-state index is -0.582. The molecule has 0 aromatic heterocycles. The van der Waals surface area contributed by atoms with Crippen molar-refractivity contribution in [2.24, 2.45) is 4.58 Å². The van der Waals surface area contributed by atoms with Crippen LogP contribution >= 0.6 is 0 Å². The molecule has 1 rings (SSSR count). The lowest BCUT2D eigenvalue weighted by Crippen LogP contribution is -1.83. The van der Waals surface area contributed by atoms with Crippen molar-refractivity contribution < 1.29 is 4.48 Å². The average Bonchev–Trinajstić information content (AvgIpc) is 2.05. The summed E-state index contributed by atoms with van der Waals surface area (Å²) >= 11 is 0. The molecule has 1 aromatic rings. The number of halogens is 1. The van der Waals surface area contributed by atoms with Gasteiger partial charge in [0.1, 0.15) is 0 Å². The van der Waals surface area contributed by atoms with Gasteiger partial charge in [-0.25, -0.2) is 0 Å². The van der Waals surface area contributed by atoms with E-state index in [0.717, 1.165) is 4.90 Å². The lowest BCUT2D eigenvalue weighted by molar-refractivity contribution is 0.550. The maximum atomic E-state index is 11.7. The van der Waals surface area contributed by atoms with Crippen LogP contribution in [0.2, 0.25) is 0 Å². The minimum Gasteiger partial charge on any atom is -0.0680 e. The zero-order valence-electron chi connectivity index (χ0n) is 5.62. The van der Waals surface area contributed by atoms with Gasteiger partial charge in [0, 0.05) is 4.90 Å². The summed E-state index contributed by atoms with van der Waals surface area (Å²) in [5.41, 5.74) is 0. The van der Waals surface area contributed by atoms with Gasteiger partial charge in [-0.3, -0.25) is 0 Å². The predicted octanol–water partition coefficient (Wildman–Crippen LogP) is 2.36. The van der Waals surface area contributed by atoms with E-state index in [-0.39, 0.29) is 0 Å². The molecule has 0 spiro atoms. The molecule has 0 aliphatic carbocycles. The van der Waals surface area contributed by atoms with Gasteiger partial charge in [-0.2, -0.15) is 0 Å². The van der Waals surface area contributed by atoms with Crippen LogP contribution in [0.4, 0.5) is 4.48 Å². The fourth-order valence-electron chi connectivity index (χ4n) is 0.657. The third kappa shape index (κ3) is 1.64. The van der Waals surface area contributed by atoms with Crippen LogP contribution in [-0.2, 0) is 10.7 Å². The molecule has 0 saturated heterocycles. The maximum Gasteiger partial charge on any atom is 0.0209 e. The molecule has 3 heteroatoms. The summed E-state index contributed by atoms with van der Waals surface area (Å²) < 4.78 is 14.4. The van der Waals surface area contributed by atoms with Gasteiger partial charge in [0.15, 0.2) is 0 Å². The Morgan fingerprint density at radius 3 is 2.40 bits per heavy atom. The quantitative estimate of drug-likeness (QED) is 0.593. The van der Waals surface area contributed by atoms with Gasteiger partial charge in [0.05, 0.1) is 0 Å². The van der Waals surface area contributed by atoms with Gasteiger partial charge in [-0.05, 0) is 29.1 Å². The zero-order chi connectivity index (χ0) is 7.40. The molecule has 1 atom stereocenters. The van der Waals surface area contributed by atoms with Crippen molar-refractivity contribution in [3.63, 3.8) is 0 Å². The highest BCUT2D eigenvalue weighted by atomic mass is 32.2. The summed E-state index contributed by atoms with van der Waals surface area (Å²) in [4.78, 5) is 0.935. The summed E-state index contributed by atoms with van der Waals surface area (Å²) in [6, 6.07) is 9.39. The van der Waals surface area contributed by atoms with E-state index in [2.05, 4.69) is 4.58 Å². The maximum absolute atomic E-state index is 11.7. The van der Waals surface area contributed by atoms with Gasteiger partial charge >= 0.3 is 0 Å². The van der Waals surface area contributed by atoms with Crippen molar-refractivity contribution >= 4 is 10.7 Å². The van der Waals surface area contributed by atoms with Crippen LogP contribution in [-0.4, -0.2) is 6.26 Å². The van der Waals surface area contributed by atoms with Crippen LogP contribution in [0.15, 0.2) is 39.8 Å². The Kier molecular flexibility index (Phi) is 2.57. The van der Waals surface area contributed by atoms with E-state index < -0.39 is 10.7 Å². The fourth-order valence-corrected chi connectivity index (χ4v) is 1.29. The van der Waals surface area contributed by atoms with E-state index in [1.807, 2.05) is 30.3 Å². The molecule has 0 bridgehead atoms. The van der Waals surface area contributed by atoms with Crippen LogP contribution in [0.5, 0.6) is 0 Å².